The Morgan fingerprint density at radius 3 is 2.86 bits per heavy atom. The highest BCUT2D eigenvalue weighted by molar-refractivity contribution is 5.77. The second-order valence-electron chi connectivity index (χ2n) is 5.07. The van der Waals surface area contributed by atoms with Crippen LogP contribution in [0.3, 0.4) is 0 Å². The number of hydrogen-bond donors (Lipinski definition) is 1. The Labute approximate surface area is 126 Å². The Kier molecular flexibility index (Phi) is 6.50. The van der Waals surface area contributed by atoms with Gasteiger partial charge in [0, 0.05) is 25.2 Å². The fourth-order valence-electron chi connectivity index (χ4n) is 2.23. The third kappa shape index (κ3) is 5.02. The highest BCUT2D eigenvalue weighted by Crippen LogP contribution is 2.17. The van der Waals surface area contributed by atoms with Crippen molar-refractivity contribution in [3.63, 3.8) is 0 Å². The summed E-state index contributed by atoms with van der Waals surface area (Å²) in [5.74, 6) is 0.803. The minimum absolute atomic E-state index is 0.0228. The SMILES string of the molecule is CCCNCc1ccccc1OCC(=O)N1CCOCC1. The van der Waals surface area contributed by atoms with Crippen LogP contribution in [0.4, 0.5) is 0 Å². The number of carbonyl (C=O) groups excluding carboxylic acids is 1. The van der Waals surface area contributed by atoms with Gasteiger partial charge in [-0.2, -0.15) is 0 Å². The summed E-state index contributed by atoms with van der Waals surface area (Å²) in [4.78, 5) is 13.9. The van der Waals surface area contributed by atoms with Crippen molar-refractivity contribution in [2.24, 2.45) is 0 Å². The summed E-state index contributed by atoms with van der Waals surface area (Å²) >= 11 is 0. The molecule has 1 amide bonds. The molecule has 1 fully saturated rings. The summed E-state index contributed by atoms with van der Waals surface area (Å²) in [6.07, 6.45) is 1.10. The van der Waals surface area contributed by atoms with Crippen LogP contribution in [0.1, 0.15) is 18.9 Å². The summed E-state index contributed by atoms with van der Waals surface area (Å²) in [7, 11) is 0. The van der Waals surface area contributed by atoms with Gasteiger partial charge in [-0.15, -0.1) is 0 Å². The third-order valence-corrected chi connectivity index (χ3v) is 3.43. The molecular weight excluding hydrogens is 268 g/mol. The molecule has 5 heteroatoms. The maximum atomic E-state index is 12.1. The molecule has 1 aliphatic heterocycles. The molecule has 5 nitrogen and oxygen atoms in total. The Morgan fingerprint density at radius 2 is 2.10 bits per heavy atom. The topological polar surface area (TPSA) is 50.8 Å². The zero-order valence-corrected chi connectivity index (χ0v) is 12.6. The second-order valence-corrected chi connectivity index (χ2v) is 5.07. The van der Waals surface area contributed by atoms with Crippen molar-refractivity contribution in [3.8, 4) is 5.75 Å². The van der Waals surface area contributed by atoms with Crippen molar-refractivity contribution in [1.29, 1.82) is 0 Å². The van der Waals surface area contributed by atoms with Crippen LogP contribution in [0.25, 0.3) is 0 Å². The van der Waals surface area contributed by atoms with Crippen LogP contribution in [0.2, 0.25) is 0 Å². The van der Waals surface area contributed by atoms with Crippen molar-refractivity contribution in [2.45, 2.75) is 19.9 Å². The summed E-state index contributed by atoms with van der Waals surface area (Å²) in [6, 6.07) is 7.85. The highest BCUT2D eigenvalue weighted by Gasteiger charge is 2.17. The Balaban J connectivity index is 1.85. The van der Waals surface area contributed by atoms with Gasteiger partial charge in [-0.05, 0) is 19.0 Å². The number of ether oxygens (including phenoxy) is 2. The lowest BCUT2D eigenvalue weighted by atomic mass is 10.2. The molecular formula is C16H24N2O3. The van der Waals surface area contributed by atoms with Gasteiger partial charge in [0.15, 0.2) is 6.61 Å². The smallest absolute Gasteiger partial charge is 0.260 e. The molecule has 1 aromatic rings. The van der Waals surface area contributed by atoms with E-state index in [0.29, 0.717) is 26.3 Å². The number of morpholine rings is 1. The fraction of sp³-hybridized carbons (Fsp3) is 0.562. The van der Waals surface area contributed by atoms with Gasteiger partial charge in [-0.3, -0.25) is 4.79 Å². The lowest BCUT2D eigenvalue weighted by molar-refractivity contribution is -0.137. The molecule has 0 unspecified atom stereocenters. The van der Waals surface area contributed by atoms with Gasteiger partial charge in [0.05, 0.1) is 13.2 Å². The molecule has 21 heavy (non-hydrogen) atoms. The van der Waals surface area contributed by atoms with E-state index in [9.17, 15) is 4.79 Å². The zero-order chi connectivity index (χ0) is 14.9. The minimum Gasteiger partial charge on any atom is -0.483 e. The van der Waals surface area contributed by atoms with E-state index in [1.807, 2.05) is 24.3 Å². The molecule has 0 radical (unpaired) electrons. The maximum absolute atomic E-state index is 12.1. The van der Waals surface area contributed by atoms with Crippen molar-refractivity contribution in [3.05, 3.63) is 29.8 Å². The first-order valence-corrected chi connectivity index (χ1v) is 7.58. The van der Waals surface area contributed by atoms with Crippen molar-refractivity contribution >= 4 is 5.91 Å². The van der Waals surface area contributed by atoms with Crippen LogP contribution in [-0.4, -0.2) is 50.3 Å². The minimum atomic E-state index is 0.0228. The molecule has 1 saturated heterocycles. The predicted octanol–water partition coefficient (Wildman–Crippen LogP) is 1.42. The summed E-state index contributed by atoms with van der Waals surface area (Å²) < 4.78 is 11.0. The van der Waals surface area contributed by atoms with Crippen LogP contribution >= 0.6 is 0 Å². The number of amides is 1. The van der Waals surface area contributed by atoms with Gasteiger partial charge in [0.2, 0.25) is 0 Å². The quantitative estimate of drug-likeness (QED) is 0.772. The molecule has 0 atom stereocenters. The van der Waals surface area contributed by atoms with Gasteiger partial charge in [0.25, 0.3) is 5.91 Å². The molecule has 1 N–H and O–H groups in total. The number of benzene rings is 1. The Morgan fingerprint density at radius 1 is 1.33 bits per heavy atom. The number of nitrogens with one attached hydrogen (secondary N) is 1. The third-order valence-electron chi connectivity index (χ3n) is 3.43. The Bertz CT molecular complexity index is 445. The zero-order valence-electron chi connectivity index (χ0n) is 12.6. The van der Waals surface area contributed by atoms with E-state index in [0.717, 1.165) is 30.8 Å². The molecule has 2 rings (SSSR count). The first-order valence-electron chi connectivity index (χ1n) is 7.58. The standard InChI is InChI=1S/C16H24N2O3/c1-2-7-17-12-14-5-3-4-6-15(14)21-13-16(19)18-8-10-20-11-9-18/h3-6,17H,2,7-13H2,1H3. The van der Waals surface area contributed by atoms with Crippen LogP contribution in [0.5, 0.6) is 5.75 Å². The number of rotatable bonds is 7. The van der Waals surface area contributed by atoms with E-state index in [-0.39, 0.29) is 12.5 Å². The van der Waals surface area contributed by atoms with Crippen LogP contribution in [-0.2, 0) is 16.1 Å². The second kappa shape index (κ2) is 8.64. The number of nitrogens with zero attached hydrogens (tertiary/aromatic N) is 1. The number of carbonyl (C=O) groups is 1. The van der Waals surface area contributed by atoms with E-state index in [2.05, 4.69) is 12.2 Å². The van der Waals surface area contributed by atoms with Gasteiger partial charge in [-0.25, -0.2) is 0 Å². The summed E-state index contributed by atoms with van der Waals surface area (Å²) in [5, 5.41) is 3.35. The van der Waals surface area contributed by atoms with Crippen molar-refractivity contribution < 1.29 is 14.3 Å². The molecule has 0 aliphatic carbocycles. The molecule has 0 bridgehead atoms. The molecule has 1 aromatic carbocycles. The molecule has 0 saturated carbocycles. The maximum Gasteiger partial charge on any atom is 0.260 e. The van der Waals surface area contributed by atoms with Gasteiger partial charge in [0.1, 0.15) is 5.75 Å². The molecule has 0 spiro atoms. The lowest BCUT2D eigenvalue weighted by Gasteiger charge is -2.26. The van der Waals surface area contributed by atoms with E-state index in [1.165, 1.54) is 0 Å². The average Bonchev–Trinajstić information content (AvgIpc) is 2.54. The predicted molar refractivity (Wildman–Crippen MR) is 81.3 cm³/mol. The van der Waals surface area contributed by atoms with Gasteiger partial charge >= 0.3 is 0 Å². The van der Waals surface area contributed by atoms with Crippen LogP contribution in [0.15, 0.2) is 24.3 Å². The largest absolute Gasteiger partial charge is 0.483 e. The van der Waals surface area contributed by atoms with Crippen LogP contribution in [0, 0.1) is 0 Å². The Hall–Kier alpha value is -1.59. The van der Waals surface area contributed by atoms with E-state index in [1.54, 1.807) is 4.90 Å². The van der Waals surface area contributed by atoms with Gasteiger partial charge in [-0.1, -0.05) is 25.1 Å². The average molecular weight is 292 g/mol. The summed E-state index contributed by atoms with van der Waals surface area (Å²) in [5.41, 5.74) is 1.08. The van der Waals surface area contributed by atoms with Crippen molar-refractivity contribution in [2.75, 3.05) is 39.5 Å². The van der Waals surface area contributed by atoms with Crippen molar-refractivity contribution in [1.82, 2.24) is 10.2 Å². The molecule has 0 aromatic heterocycles. The fourth-order valence-corrected chi connectivity index (χ4v) is 2.23. The van der Waals surface area contributed by atoms with E-state index < -0.39 is 0 Å². The number of hydrogen-bond acceptors (Lipinski definition) is 4. The summed E-state index contributed by atoms with van der Waals surface area (Å²) in [6.45, 7) is 6.49. The lowest BCUT2D eigenvalue weighted by Crippen LogP contribution is -2.43. The number of para-hydroxylation sites is 1. The van der Waals surface area contributed by atoms with E-state index in [4.69, 9.17) is 9.47 Å². The first kappa shape index (κ1) is 15.8. The molecule has 1 aliphatic rings. The van der Waals surface area contributed by atoms with Gasteiger partial charge < -0.3 is 19.7 Å². The monoisotopic (exact) mass is 292 g/mol. The molecule has 1 heterocycles. The highest BCUT2D eigenvalue weighted by atomic mass is 16.5. The normalized spacial score (nSPS) is 15.0. The molecule has 116 valence electrons. The first-order chi connectivity index (χ1) is 10.3. The van der Waals surface area contributed by atoms with E-state index >= 15 is 0 Å². The van der Waals surface area contributed by atoms with Crippen LogP contribution < -0.4 is 10.1 Å².